The molecular formula is C20H18N2. The molecule has 2 nitrogen and oxygen atoms in total. The van der Waals surface area contributed by atoms with E-state index < -0.39 is 0 Å². The van der Waals surface area contributed by atoms with Gasteiger partial charge in [-0.1, -0.05) is 42.5 Å². The van der Waals surface area contributed by atoms with Crippen LogP contribution in [0.2, 0.25) is 0 Å². The van der Waals surface area contributed by atoms with E-state index in [-0.39, 0.29) is 0 Å². The van der Waals surface area contributed by atoms with Crippen LogP contribution < -0.4 is 0 Å². The van der Waals surface area contributed by atoms with Crippen LogP contribution in [0.1, 0.15) is 11.3 Å². The highest BCUT2D eigenvalue weighted by atomic mass is 14.6. The lowest BCUT2D eigenvalue weighted by Crippen LogP contribution is -1.79. The van der Waals surface area contributed by atoms with Crippen molar-refractivity contribution in [1.82, 2.24) is 9.97 Å². The van der Waals surface area contributed by atoms with E-state index >= 15 is 0 Å². The number of fused-ring (bicyclic) bond motifs is 2. The van der Waals surface area contributed by atoms with Crippen molar-refractivity contribution in [2.45, 2.75) is 13.8 Å². The normalized spacial score (nSPS) is 10.3. The van der Waals surface area contributed by atoms with Crippen molar-refractivity contribution in [2.24, 2.45) is 0 Å². The number of hydrogen-bond donors (Lipinski definition) is 0. The molecule has 0 aliphatic heterocycles. The second-order valence-electron chi connectivity index (χ2n) is 5.34. The molecule has 22 heavy (non-hydrogen) atoms. The minimum absolute atomic E-state index is 1.07. The van der Waals surface area contributed by atoms with Crippen LogP contribution in [0, 0.1) is 13.8 Å². The summed E-state index contributed by atoms with van der Waals surface area (Å²) in [6.07, 6.45) is 5.64. The van der Waals surface area contributed by atoms with Crippen molar-refractivity contribution in [3.05, 3.63) is 84.4 Å². The molecule has 2 heteroatoms. The van der Waals surface area contributed by atoms with Crippen molar-refractivity contribution in [2.75, 3.05) is 0 Å². The SMILES string of the molecule is Cc1cc2ccccc2cn1.Cc1cccc2ccncc12. The molecule has 0 fully saturated rings. The number of nitrogens with zero attached hydrogens (tertiary/aromatic N) is 2. The monoisotopic (exact) mass is 286 g/mol. The average molecular weight is 286 g/mol. The molecule has 4 rings (SSSR count). The summed E-state index contributed by atoms with van der Waals surface area (Å²) in [4.78, 5) is 8.28. The summed E-state index contributed by atoms with van der Waals surface area (Å²) in [7, 11) is 0. The van der Waals surface area contributed by atoms with Crippen molar-refractivity contribution in [3.8, 4) is 0 Å². The maximum absolute atomic E-state index is 4.21. The Balaban J connectivity index is 0.000000131. The van der Waals surface area contributed by atoms with Gasteiger partial charge in [-0.15, -0.1) is 0 Å². The average Bonchev–Trinajstić information content (AvgIpc) is 2.56. The summed E-state index contributed by atoms with van der Waals surface area (Å²) in [6.45, 7) is 4.11. The van der Waals surface area contributed by atoms with Gasteiger partial charge in [0.25, 0.3) is 0 Å². The molecule has 2 heterocycles. The van der Waals surface area contributed by atoms with Gasteiger partial charge < -0.3 is 0 Å². The second kappa shape index (κ2) is 6.35. The van der Waals surface area contributed by atoms with Gasteiger partial charge in [0.05, 0.1) is 0 Å². The van der Waals surface area contributed by atoms with E-state index in [0.717, 1.165) is 5.69 Å². The van der Waals surface area contributed by atoms with Gasteiger partial charge in [-0.3, -0.25) is 9.97 Å². The van der Waals surface area contributed by atoms with E-state index in [1.54, 1.807) is 0 Å². The molecule has 0 aliphatic carbocycles. The number of pyridine rings is 2. The molecular weight excluding hydrogens is 268 g/mol. The summed E-state index contributed by atoms with van der Waals surface area (Å²) < 4.78 is 0. The zero-order valence-electron chi connectivity index (χ0n) is 12.8. The van der Waals surface area contributed by atoms with Gasteiger partial charge in [0.2, 0.25) is 0 Å². The first kappa shape index (κ1) is 14.2. The standard InChI is InChI=1S/2C10H9N/c1-8-3-2-4-9-5-6-11-7-10(8)9;1-8-6-9-4-2-3-5-10(9)7-11-8/h2*2-7H,1H3. The Hall–Kier alpha value is -2.74. The first-order valence-electron chi connectivity index (χ1n) is 7.35. The third-order valence-corrected chi connectivity index (χ3v) is 3.67. The summed E-state index contributed by atoms with van der Waals surface area (Å²) in [5.41, 5.74) is 2.36. The Labute approximate surface area is 130 Å². The fraction of sp³-hybridized carbons (Fsp3) is 0.100. The highest BCUT2D eigenvalue weighted by Crippen LogP contribution is 2.15. The topological polar surface area (TPSA) is 25.8 Å². The lowest BCUT2D eigenvalue weighted by molar-refractivity contribution is 1.22. The molecule has 0 spiro atoms. The number of aryl methyl sites for hydroxylation is 2. The maximum atomic E-state index is 4.21. The molecule has 0 unspecified atom stereocenters. The highest BCUT2D eigenvalue weighted by molar-refractivity contribution is 5.84. The van der Waals surface area contributed by atoms with E-state index in [9.17, 15) is 0 Å². The molecule has 0 aliphatic rings. The van der Waals surface area contributed by atoms with Crippen LogP contribution in [-0.2, 0) is 0 Å². The Morgan fingerprint density at radius 2 is 1.50 bits per heavy atom. The lowest BCUT2D eigenvalue weighted by Gasteiger charge is -1.98. The molecule has 108 valence electrons. The smallest absolute Gasteiger partial charge is 0.0379 e. The van der Waals surface area contributed by atoms with Gasteiger partial charge in [0.1, 0.15) is 0 Å². The number of benzene rings is 2. The molecule has 0 bridgehead atoms. The zero-order chi connectivity index (χ0) is 15.4. The van der Waals surface area contributed by atoms with Gasteiger partial charge in [0, 0.05) is 35.1 Å². The molecule has 0 N–H and O–H groups in total. The number of hydrogen-bond acceptors (Lipinski definition) is 2. The van der Waals surface area contributed by atoms with E-state index in [0.29, 0.717) is 0 Å². The lowest BCUT2D eigenvalue weighted by atomic mass is 10.1. The Kier molecular flexibility index (Phi) is 4.10. The van der Waals surface area contributed by atoms with Gasteiger partial charge >= 0.3 is 0 Å². The minimum Gasteiger partial charge on any atom is -0.264 e. The minimum atomic E-state index is 1.07. The predicted octanol–water partition coefficient (Wildman–Crippen LogP) is 5.09. The Morgan fingerprint density at radius 3 is 2.32 bits per heavy atom. The molecule has 0 amide bonds. The van der Waals surface area contributed by atoms with Crippen LogP contribution in [0.25, 0.3) is 21.5 Å². The van der Waals surface area contributed by atoms with Crippen LogP contribution in [0.4, 0.5) is 0 Å². The van der Waals surface area contributed by atoms with Crippen molar-refractivity contribution in [3.63, 3.8) is 0 Å². The predicted molar refractivity (Wildman–Crippen MR) is 93.0 cm³/mol. The largest absolute Gasteiger partial charge is 0.264 e. The van der Waals surface area contributed by atoms with Gasteiger partial charge in [-0.2, -0.15) is 0 Å². The Bertz CT molecular complexity index is 902. The third-order valence-electron chi connectivity index (χ3n) is 3.67. The number of rotatable bonds is 0. The van der Waals surface area contributed by atoms with E-state index in [1.165, 1.54) is 27.1 Å². The van der Waals surface area contributed by atoms with Crippen molar-refractivity contribution < 1.29 is 0 Å². The van der Waals surface area contributed by atoms with Gasteiger partial charge in [-0.05, 0) is 42.3 Å². The van der Waals surface area contributed by atoms with Crippen LogP contribution >= 0.6 is 0 Å². The first-order chi connectivity index (χ1) is 10.7. The van der Waals surface area contributed by atoms with Gasteiger partial charge in [0.15, 0.2) is 0 Å². The fourth-order valence-corrected chi connectivity index (χ4v) is 2.46. The Morgan fingerprint density at radius 1 is 0.727 bits per heavy atom. The second-order valence-corrected chi connectivity index (χ2v) is 5.34. The van der Waals surface area contributed by atoms with Crippen molar-refractivity contribution in [1.29, 1.82) is 0 Å². The van der Waals surface area contributed by atoms with E-state index in [1.807, 2.05) is 43.7 Å². The number of aromatic nitrogens is 2. The molecule has 0 saturated carbocycles. The van der Waals surface area contributed by atoms with E-state index in [4.69, 9.17) is 0 Å². The quantitative estimate of drug-likeness (QED) is 0.450. The van der Waals surface area contributed by atoms with Crippen LogP contribution in [-0.4, -0.2) is 9.97 Å². The summed E-state index contributed by atoms with van der Waals surface area (Å²) >= 11 is 0. The highest BCUT2D eigenvalue weighted by Gasteiger charge is 1.93. The molecule has 2 aromatic heterocycles. The molecule has 4 aromatic rings. The molecule has 0 saturated heterocycles. The zero-order valence-corrected chi connectivity index (χ0v) is 12.8. The van der Waals surface area contributed by atoms with Crippen LogP contribution in [0.15, 0.2) is 73.2 Å². The summed E-state index contributed by atoms with van der Waals surface area (Å²) in [6, 6.07) is 18.6. The van der Waals surface area contributed by atoms with Crippen molar-refractivity contribution >= 4 is 21.5 Å². The van der Waals surface area contributed by atoms with Crippen LogP contribution in [0.5, 0.6) is 0 Å². The first-order valence-corrected chi connectivity index (χ1v) is 7.35. The molecule has 0 atom stereocenters. The van der Waals surface area contributed by atoms with E-state index in [2.05, 4.69) is 53.3 Å². The maximum Gasteiger partial charge on any atom is 0.0379 e. The van der Waals surface area contributed by atoms with Gasteiger partial charge in [-0.25, -0.2) is 0 Å². The molecule has 0 radical (unpaired) electrons. The molecule has 2 aromatic carbocycles. The summed E-state index contributed by atoms with van der Waals surface area (Å²) in [5, 5.41) is 4.98. The summed E-state index contributed by atoms with van der Waals surface area (Å²) in [5.74, 6) is 0. The van der Waals surface area contributed by atoms with Crippen LogP contribution in [0.3, 0.4) is 0 Å². The third kappa shape index (κ3) is 3.12. The fourth-order valence-electron chi connectivity index (χ4n) is 2.46.